The summed E-state index contributed by atoms with van der Waals surface area (Å²) in [5.74, 6) is 0.440. The summed E-state index contributed by atoms with van der Waals surface area (Å²) in [6.45, 7) is 4.05. The normalized spacial score (nSPS) is 23.1. The third-order valence-corrected chi connectivity index (χ3v) is 9.57. The van der Waals surface area contributed by atoms with Crippen LogP contribution in [0, 0.1) is 0 Å². The van der Waals surface area contributed by atoms with E-state index in [2.05, 4.69) is 54.7 Å². The summed E-state index contributed by atoms with van der Waals surface area (Å²) in [6.07, 6.45) is 5.83. The highest BCUT2D eigenvalue weighted by Gasteiger charge is 2.27. The van der Waals surface area contributed by atoms with E-state index in [9.17, 15) is 8.42 Å². The average molecular weight is 493 g/mol. The fraction of sp³-hybridized carbons (Fsp3) is 0.448. The lowest BCUT2D eigenvalue weighted by atomic mass is 9.90. The van der Waals surface area contributed by atoms with Crippen molar-refractivity contribution in [2.75, 3.05) is 26.3 Å². The Morgan fingerprint density at radius 1 is 0.914 bits per heavy atom. The maximum absolute atomic E-state index is 13.0. The Labute approximate surface area is 209 Å². The van der Waals surface area contributed by atoms with Gasteiger partial charge >= 0.3 is 0 Å². The first-order valence-electron chi connectivity index (χ1n) is 12.9. The maximum atomic E-state index is 13.0. The smallest absolute Gasteiger partial charge is 0.243 e. The molecule has 2 unspecified atom stereocenters. The maximum Gasteiger partial charge on any atom is 0.243 e. The molecule has 1 aliphatic heterocycles. The molecule has 1 heterocycles. The molecule has 2 fully saturated rings. The average Bonchev–Trinajstić information content (AvgIpc) is 3.14. The molecule has 5 nitrogen and oxygen atoms in total. The molecule has 6 heteroatoms. The molecule has 3 aromatic rings. The van der Waals surface area contributed by atoms with Crippen LogP contribution >= 0.6 is 0 Å². The van der Waals surface area contributed by atoms with E-state index in [0.717, 1.165) is 12.8 Å². The highest BCUT2D eigenvalue weighted by Crippen LogP contribution is 2.34. The van der Waals surface area contributed by atoms with Gasteiger partial charge in [-0.25, -0.2) is 8.42 Å². The van der Waals surface area contributed by atoms with Gasteiger partial charge in [-0.2, -0.15) is 4.31 Å². The molecular weight excluding hydrogens is 456 g/mol. The van der Waals surface area contributed by atoms with Gasteiger partial charge in [-0.3, -0.25) is 0 Å². The molecule has 2 aliphatic rings. The molecule has 35 heavy (non-hydrogen) atoms. The van der Waals surface area contributed by atoms with Gasteiger partial charge < -0.3 is 10.1 Å². The summed E-state index contributed by atoms with van der Waals surface area (Å²) in [5.41, 5.74) is 2.60. The second kappa shape index (κ2) is 10.8. The van der Waals surface area contributed by atoms with Gasteiger partial charge in [0.1, 0.15) is 0 Å². The highest BCUT2D eigenvalue weighted by molar-refractivity contribution is 7.89. The van der Waals surface area contributed by atoms with Crippen molar-refractivity contribution in [3.05, 3.63) is 77.9 Å². The number of hydrogen-bond acceptors (Lipinski definition) is 4. The monoisotopic (exact) mass is 492 g/mol. The van der Waals surface area contributed by atoms with E-state index in [1.165, 1.54) is 45.5 Å². The molecule has 5 rings (SSSR count). The van der Waals surface area contributed by atoms with Crippen molar-refractivity contribution < 1.29 is 13.2 Å². The Balaban J connectivity index is 1.29. The molecule has 0 bridgehead atoms. The highest BCUT2D eigenvalue weighted by atomic mass is 32.2. The van der Waals surface area contributed by atoms with Crippen LogP contribution < -0.4 is 5.32 Å². The molecule has 1 saturated heterocycles. The third-order valence-electron chi connectivity index (χ3n) is 7.66. The summed E-state index contributed by atoms with van der Waals surface area (Å²) in [6, 6.07) is 23.5. The van der Waals surface area contributed by atoms with Gasteiger partial charge in [0.2, 0.25) is 10.0 Å². The Morgan fingerprint density at radius 3 is 2.43 bits per heavy atom. The first kappa shape index (κ1) is 24.4. The van der Waals surface area contributed by atoms with E-state index >= 15 is 0 Å². The van der Waals surface area contributed by atoms with E-state index in [1.807, 2.05) is 12.1 Å². The molecule has 3 aromatic carbocycles. The first-order valence-corrected chi connectivity index (χ1v) is 14.4. The van der Waals surface area contributed by atoms with Gasteiger partial charge in [0.05, 0.1) is 18.1 Å². The number of morpholine rings is 1. The van der Waals surface area contributed by atoms with Crippen LogP contribution in [0.4, 0.5) is 0 Å². The largest absolute Gasteiger partial charge is 0.379 e. The number of ether oxygens (including phenoxy) is 1. The van der Waals surface area contributed by atoms with Crippen LogP contribution in [0.25, 0.3) is 10.8 Å². The van der Waals surface area contributed by atoms with Crippen molar-refractivity contribution in [3.63, 3.8) is 0 Å². The van der Waals surface area contributed by atoms with Crippen LogP contribution in [0.15, 0.2) is 71.6 Å². The minimum Gasteiger partial charge on any atom is -0.379 e. The molecule has 0 aromatic heterocycles. The van der Waals surface area contributed by atoms with Gasteiger partial charge in [-0.1, -0.05) is 67.4 Å². The lowest BCUT2D eigenvalue weighted by molar-refractivity contribution is 0.0730. The van der Waals surface area contributed by atoms with E-state index in [0.29, 0.717) is 43.2 Å². The number of fused-ring (bicyclic) bond motifs is 1. The van der Waals surface area contributed by atoms with E-state index in [4.69, 9.17) is 4.74 Å². The second-order valence-electron chi connectivity index (χ2n) is 9.96. The van der Waals surface area contributed by atoms with Crippen molar-refractivity contribution in [2.24, 2.45) is 0 Å². The van der Waals surface area contributed by atoms with Crippen LogP contribution in [0.1, 0.15) is 62.1 Å². The van der Waals surface area contributed by atoms with E-state index in [1.54, 1.807) is 12.1 Å². The Morgan fingerprint density at radius 2 is 1.63 bits per heavy atom. The summed E-state index contributed by atoms with van der Waals surface area (Å²) >= 11 is 0. The predicted molar refractivity (Wildman–Crippen MR) is 141 cm³/mol. The molecule has 1 aliphatic carbocycles. The molecule has 0 radical (unpaired) electrons. The van der Waals surface area contributed by atoms with Crippen molar-refractivity contribution >= 4 is 20.8 Å². The van der Waals surface area contributed by atoms with Crippen LogP contribution in [0.2, 0.25) is 0 Å². The summed E-state index contributed by atoms with van der Waals surface area (Å²) in [5, 5.41) is 6.53. The van der Waals surface area contributed by atoms with Crippen LogP contribution in [-0.4, -0.2) is 45.1 Å². The predicted octanol–water partition coefficient (Wildman–Crippen LogP) is 5.63. The van der Waals surface area contributed by atoms with Crippen LogP contribution in [-0.2, 0) is 14.8 Å². The van der Waals surface area contributed by atoms with Gasteiger partial charge in [0.25, 0.3) is 0 Å². The number of nitrogens with one attached hydrogen (secondary N) is 1. The molecule has 1 N–H and O–H groups in total. The lowest BCUT2D eigenvalue weighted by Gasteiger charge is -2.27. The lowest BCUT2D eigenvalue weighted by Crippen LogP contribution is -2.40. The number of hydrogen-bond donors (Lipinski definition) is 1. The number of rotatable bonds is 6. The number of benzene rings is 3. The fourth-order valence-corrected chi connectivity index (χ4v) is 7.14. The standard InChI is InChI=1S/C29H36N2O3S/c1-22(28-12-6-9-24-7-3-5-11-29(24)28)30-26-10-4-2-8-25(21-26)23-13-15-27(16-14-23)35(32,33)31-17-19-34-20-18-31/h3,5-7,9,11-16,22,25-26,30H,2,4,8,10,17-21H2,1H3/t22-,25?,26?/m1/s1. The molecule has 0 spiro atoms. The molecule has 186 valence electrons. The second-order valence-corrected chi connectivity index (χ2v) is 11.9. The molecule has 3 atom stereocenters. The SMILES string of the molecule is C[C@@H](NC1CCCCC(c2ccc(S(=O)(=O)N3CCOCC3)cc2)C1)c1cccc2ccccc12. The van der Waals surface area contributed by atoms with Gasteiger partial charge in [0, 0.05) is 25.2 Å². The molecule has 0 amide bonds. The first-order chi connectivity index (χ1) is 17.0. The fourth-order valence-electron chi connectivity index (χ4n) is 5.73. The van der Waals surface area contributed by atoms with Gasteiger partial charge in [0.15, 0.2) is 0 Å². The number of sulfonamides is 1. The minimum atomic E-state index is -3.45. The Hall–Kier alpha value is -2.25. The van der Waals surface area contributed by atoms with Crippen molar-refractivity contribution in [3.8, 4) is 0 Å². The number of nitrogens with zero attached hydrogens (tertiary/aromatic N) is 1. The molecule has 1 saturated carbocycles. The van der Waals surface area contributed by atoms with Crippen molar-refractivity contribution in [1.82, 2.24) is 9.62 Å². The summed E-state index contributed by atoms with van der Waals surface area (Å²) in [4.78, 5) is 0.385. The quantitative estimate of drug-likeness (QED) is 0.453. The van der Waals surface area contributed by atoms with Gasteiger partial charge in [-0.05, 0) is 66.1 Å². The Kier molecular flexibility index (Phi) is 7.54. The zero-order valence-corrected chi connectivity index (χ0v) is 21.3. The van der Waals surface area contributed by atoms with Crippen LogP contribution in [0.5, 0.6) is 0 Å². The zero-order valence-electron chi connectivity index (χ0n) is 20.5. The summed E-state index contributed by atoms with van der Waals surface area (Å²) < 4.78 is 32.8. The van der Waals surface area contributed by atoms with Gasteiger partial charge in [-0.15, -0.1) is 0 Å². The van der Waals surface area contributed by atoms with Crippen LogP contribution in [0.3, 0.4) is 0 Å². The molecular formula is C29H36N2O3S. The third kappa shape index (κ3) is 5.46. The van der Waals surface area contributed by atoms with E-state index in [-0.39, 0.29) is 6.04 Å². The summed E-state index contributed by atoms with van der Waals surface area (Å²) in [7, 11) is -3.45. The van der Waals surface area contributed by atoms with Crippen molar-refractivity contribution in [1.29, 1.82) is 0 Å². The van der Waals surface area contributed by atoms with Crippen molar-refractivity contribution in [2.45, 2.75) is 61.9 Å². The van der Waals surface area contributed by atoms with E-state index < -0.39 is 10.0 Å². The Bertz CT molecular complexity index is 1230. The zero-order chi connectivity index (χ0) is 24.3. The topological polar surface area (TPSA) is 58.6 Å². The minimum absolute atomic E-state index is 0.269.